The number of rotatable bonds is 3. The number of anilines is 1. The Labute approximate surface area is 116 Å². The summed E-state index contributed by atoms with van der Waals surface area (Å²) in [4.78, 5) is 8.24. The Morgan fingerprint density at radius 2 is 2.25 bits per heavy atom. The quantitative estimate of drug-likeness (QED) is 0.933. The van der Waals surface area contributed by atoms with E-state index in [1.807, 2.05) is 0 Å². The van der Waals surface area contributed by atoms with Crippen molar-refractivity contribution in [1.82, 2.24) is 9.97 Å². The Hall–Kier alpha value is -1.95. The first-order chi connectivity index (χ1) is 9.63. The van der Waals surface area contributed by atoms with E-state index in [1.54, 1.807) is 12.1 Å². The minimum Gasteiger partial charge on any atom is -0.494 e. The second kappa shape index (κ2) is 4.86. The first-order valence-corrected chi connectivity index (χ1v) is 6.46. The number of halogens is 1. The second-order valence-electron chi connectivity index (χ2n) is 5.19. The predicted octanol–water partition coefficient (Wildman–Crippen LogP) is 2.37. The molecule has 6 heteroatoms. The number of methoxy groups -OCH3 is 1. The van der Waals surface area contributed by atoms with E-state index >= 15 is 0 Å². The maximum absolute atomic E-state index is 14.2. The number of ether oxygens (including phenoxy) is 2. The normalized spacial score (nSPS) is 22.1. The van der Waals surface area contributed by atoms with Gasteiger partial charge >= 0.3 is 0 Å². The fraction of sp³-hybridized carbons (Fsp3) is 0.429. The molecule has 20 heavy (non-hydrogen) atoms. The molecule has 1 aromatic heterocycles. The van der Waals surface area contributed by atoms with Gasteiger partial charge in [0.25, 0.3) is 0 Å². The van der Waals surface area contributed by atoms with Crippen LogP contribution in [0.4, 0.5) is 10.2 Å². The fourth-order valence-electron chi connectivity index (χ4n) is 2.39. The van der Waals surface area contributed by atoms with Gasteiger partial charge < -0.3 is 14.8 Å². The summed E-state index contributed by atoms with van der Waals surface area (Å²) in [5.74, 6) is 0.324. The van der Waals surface area contributed by atoms with E-state index in [4.69, 9.17) is 9.47 Å². The Balaban J connectivity index is 2.06. The van der Waals surface area contributed by atoms with Gasteiger partial charge in [-0.2, -0.15) is 0 Å². The Kier molecular flexibility index (Phi) is 3.17. The van der Waals surface area contributed by atoms with Gasteiger partial charge in [0.2, 0.25) is 0 Å². The standard InChI is InChI=1S/C14H16FN3O2/c1-14(5-6-20-7-14)18-13-9-3-4-10(19-2)11(15)12(9)16-8-17-13/h3-4,8H,5-7H2,1-2H3,(H,16,17,18)/t14-/m0/s1. The highest BCUT2D eigenvalue weighted by atomic mass is 19.1. The Bertz CT molecular complexity index is 642. The second-order valence-corrected chi connectivity index (χ2v) is 5.19. The summed E-state index contributed by atoms with van der Waals surface area (Å²) in [6.45, 7) is 3.39. The maximum atomic E-state index is 14.2. The average molecular weight is 277 g/mol. The lowest BCUT2D eigenvalue weighted by molar-refractivity contribution is 0.185. The molecule has 0 unspecified atom stereocenters. The zero-order chi connectivity index (χ0) is 14.2. The fourth-order valence-corrected chi connectivity index (χ4v) is 2.39. The molecule has 1 aliphatic heterocycles. The van der Waals surface area contributed by atoms with E-state index in [2.05, 4.69) is 22.2 Å². The molecule has 2 heterocycles. The number of aromatic nitrogens is 2. The molecule has 0 saturated carbocycles. The van der Waals surface area contributed by atoms with Crippen molar-refractivity contribution in [3.63, 3.8) is 0 Å². The highest BCUT2D eigenvalue weighted by Crippen LogP contribution is 2.30. The minimum absolute atomic E-state index is 0.178. The smallest absolute Gasteiger partial charge is 0.191 e. The summed E-state index contributed by atoms with van der Waals surface area (Å²) in [5.41, 5.74) is 0.0712. The van der Waals surface area contributed by atoms with Crippen LogP contribution in [0.1, 0.15) is 13.3 Å². The highest BCUT2D eigenvalue weighted by Gasteiger charge is 2.30. The molecule has 1 fully saturated rings. The zero-order valence-electron chi connectivity index (χ0n) is 11.4. The predicted molar refractivity (Wildman–Crippen MR) is 73.5 cm³/mol. The van der Waals surface area contributed by atoms with Crippen molar-refractivity contribution in [1.29, 1.82) is 0 Å². The molecular weight excluding hydrogens is 261 g/mol. The Morgan fingerprint density at radius 1 is 1.40 bits per heavy atom. The molecule has 5 nitrogen and oxygen atoms in total. The van der Waals surface area contributed by atoms with Crippen LogP contribution in [0, 0.1) is 5.82 Å². The van der Waals surface area contributed by atoms with Crippen molar-refractivity contribution in [2.24, 2.45) is 0 Å². The molecule has 1 aliphatic rings. The van der Waals surface area contributed by atoms with Gasteiger partial charge in [0.15, 0.2) is 11.6 Å². The Morgan fingerprint density at radius 3 is 2.95 bits per heavy atom. The number of fused-ring (bicyclic) bond motifs is 1. The van der Waals surface area contributed by atoms with Crippen LogP contribution in [0.2, 0.25) is 0 Å². The van der Waals surface area contributed by atoms with Gasteiger partial charge in [0.05, 0.1) is 19.3 Å². The van der Waals surface area contributed by atoms with Crippen molar-refractivity contribution in [3.05, 3.63) is 24.3 Å². The number of hydrogen-bond acceptors (Lipinski definition) is 5. The van der Waals surface area contributed by atoms with Gasteiger partial charge in [-0.05, 0) is 25.5 Å². The first kappa shape index (κ1) is 13.1. The van der Waals surface area contributed by atoms with Crippen LogP contribution in [0.5, 0.6) is 5.75 Å². The van der Waals surface area contributed by atoms with E-state index in [1.165, 1.54) is 13.4 Å². The van der Waals surface area contributed by atoms with Crippen molar-refractivity contribution >= 4 is 16.7 Å². The highest BCUT2D eigenvalue weighted by molar-refractivity contribution is 5.90. The monoisotopic (exact) mass is 277 g/mol. The van der Waals surface area contributed by atoms with Crippen molar-refractivity contribution in [2.75, 3.05) is 25.6 Å². The summed E-state index contributed by atoms with van der Waals surface area (Å²) in [6, 6.07) is 3.35. The van der Waals surface area contributed by atoms with E-state index in [-0.39, 0.29) is 16.8 Å². The van der Waals surface area contributed by atoms with Crippen LogP contribution in [0.15, 0.2) is 18.5 Å². The van der Waals surface area contributed by atoms with Gasteiger partial charge in [-0.1, -0.05) is 0 Å². The summed E-state index contributed by atoms with van der Waals surface area (Å²) in [6.07, 6.45) is 2.24. The van der Waals surface area contributed by atoms with Crippen LogP contribution in [0.3, 0.4) is 0 Å². The van der Waals surface area contributed by atoms with E-state index in [0.717, 1.165) is 6.42 Å². The summed E-state index contributed by atoms with van der Waals surface area (Å²) >= 11 is 0. The molecular formula is C14H16FN3O2. The third-order valence-corrected chi connectivity index (χ3v) is 3.57. The maximum Gasteiger partial charge on any atom is 0.191 e. The molecule has 0 aliphatic carbocycles. The summed E-state index contributed by atoms with van der Waals surface area (Å²) in [7, 11) is 1.43. The SMILES string of the molecule is COc1ccc2c(N[C@@]3(C)CCOC3)ncnc2c1F. The molecule has 0 radical (unpaired) electrons. The third kappa shape index (κ3) is 2.16. The summed E-state index contributed by atoms with van der Waals surface area (Å²) < 4.78 is 24.6. The van der Waals surface area contributed by atoms with Gasteiger partial charge in [-0.15, -0.1) is 0 Å². The van der Waals surface area contributed by atoms with E-state index in [0.29, 0.717) is 24.4 Å². The minimum atomic E-state index is -0.469. The number of nitrogens with zero attached hydrogens (tertiary/aromatic N) is 2. The molecule has 1 saturated heterocycles. The molecule has 106 valence electrons. The first-order valence-electron chi connectivity index (χ1n) is 6.46. The van der Waals surface area contributed by atoms with Crippen molar-refractivity contribution in [3.8, 4) is 5.75 Å². The van der Waals surface area contributed by atoms with Crippen molar-refractivity contribution in [2.45, 2.75) is 18.9 Å². The molecule has 0 spiro atoms. The van der Waals surface area contributed by atoms with Crippen LogP contribution >= 0.6 is 0 Å². The molecule has 0 bridgehead atoms. The number of nitrogens with one attached hydrogen (secondary N) is 1. The van der Waals surface area contributed by atoms with Gasteiger partial charge in [0, 0.05) is 12.0 Å². The lowest BCUT2D eigenvalue weighted by atomic mass is 10.0. The lowest BCUT2D eigenvalue weighted by Gasteiger charge is -2.24. The van der Waals surface area contributed by atoms with Crippen LogP contribution in [0.25, 0.3) is 10.9 Å². The topological polar surface area (TPSA) is 56.3 Å². The number of benzene rings is 1. The van der Waals surface area contributed by atoms with Crippen molar-refractivity contribution < 1.29 is 13.9 Å². The summed E-state index contributed by atoms with van der Waals surface area (Å²) in [5, 5.41) is 3.98. The van der Waals surface area contributed by atoms with Gasteiger partial charge in [-0.25, -0.2) is 14.4 Å². The molecule has 1 aromatic carbocycles. The van der Waals surface area contributed by atoms with E-state index < -0.39 is 5.82 Å². The zero-order valence-corrected chi connectivity index (χ0v) is 11.4. The number of hydrogen-bond donors (Lipinski definition) is 1. The van der Waals surface area contributed by atoms with Gasteiger partial charge in [-0.3, -0.25) is 0 Å². The largest absolute Gasteiger partial charge is 0.494 e. The molecule has 1 N–H and O–H groups in total. The third-order valence-electron chi connectivity index (χ3n) is 3.57. The van der Waals surface area contributed by atoms with Crippen LogP contribution in [-0.4, -0.2) is 35.8 Å². The molecule has 3 rings (SSSR count). The van der Waals surface area contributed by atoms with E-state index in [9.17, 15) is 4.39 Å². The lowest BCUT2D eigenvalue weighted by Crippen LogP contribution is -2.35. The molecule has 2 aromatic rings. The van der Waals surface area contributed by atoms with Crippen LogP contribution in [-0.2, 0) is 4.74 Å². The molecule has 0 amide bonds. The van der Waals surface area contributed by atoms with Crippen LogP contribution < -0.4 is 10.1 Å². The average Bonchev–Trinajstić information content (AvgIpc) is 2.87. The van der Waals surface area contributed by atoms with Gasteiger partial charge in [0.1, 0.15) is 17.7 Å². The molecule has 1 atom stereocenters.